The molecule has 1 rings (SSSR count). The summed E-state index contributed by atoms with van der Waals surface area (Å²) in [6.07, 6.45) is 1.51. The van der Waals surface area contributed by atoms with Gasteiger partial charge in [0.15, 0.2) is 5.82 Å². The number of aromatic nitrogens is 2. The van der Waals surface area contributed by atoms with E-state index >= 15 is 0 Å². The van der Waals surface area contributed by atoms with Crippen LogP contribution in [-0.4, -0.2) is 40.3 Å². The van der Waals surface area contributed by atoms with Gasteiger partial charge >= 0.3 is 0 Å². The van der Waals surface area contributed by atoms with Crippen LogP contribution in [0.1, 0.15) is 13.8 Å². The van der Waals surface area contributed by atoms with Gasteiger partial charge in [0.25, 0.3) is 0 Å². The van der Waals surface area contributed by atoms with Crippen molar-refractivity contribution in [3.8, 4) is 0 Å². The van der Waals surface area contributed by atoms with E-state index in [-0.39, 0.29) is 0 Å². The maximum atomic E-state index is 5.35. The highest BCUT2D eigenvalue weighted by atomic mass is 79.9. The lowest BCUT2D eigenvalue weighted by Gasteiger charge is -2.17. The van der Waals surface area contributed by atoms with Crippen LogP contribution in [0, 0.1) is 0 Å². The molecule has 5 nitrogen and oxygen atoms in total. The molecule has 0 aromatic carbocycles. The third-order valence-electron chi connectivity index (χ3n) is 2.43. The Morgan fingerprint density at radius 2 is 2.12 bits per heavy atom. The second-order valence-corrected chi connectivity index (χ2v) is 5.24. The molecule has 0 aliphatic carbocycles. The van der Waals surface area contributed by atoms with Gasteiger partial charge in [0, 0.05) is 12.3 Å². The van der Waals surface area contributed by atoms with Crippen LogP contribution in [0.4, 0.5) is 5.82 Å². The average Bonchev–Trinajstić information content (AvgIpc) is 2.36. The zero-order valence-corrected chi connectivity index (χ0v) is 12.5. The molecule has 0 saturated heterocycles. The number of hydrogen-bond acceptors (Lipinski definition) is 6. The minimum Gasteiger partial charge on any atom is -0.307 e. The summed E-state index contributed by atoms with van der Waals surface area (Å²) in [5.41, 5.74) is 2.54. The molecule has 7 heteroatoms. The maximum absolute atomic E-state index is 5.35. The third-order valence-corrected chi connectivity index (χ3v) is 4.42. The first-order valence-electron chi connectivity index (χ1n) is 5.55. The van der Waals surface area contributed by atoms with E-state index in [9.17, 15) is 0 Å². The van der Waals surface area contributed by atoms with E-state index in [1.807, 2.05) is 0 Å². The first kappa shape index (κ1) is 14.7. The summed E-state index contributed by atoms with van der Waals surface area (Å²) in [5, 5.41) is 0.917. The highest BCUT2D eigenvalue weighted by molar-refractivity contribution is 9.10. The predicted octanol–water partition coefficient (Wildman–Crippen LogP) is 1.96. The fourth-order valence-electron chi connectivity index (χ4n) is 1.37. The highest BCUT2D eigenvalue weighted by Gasteiger charge is 2.08. The van der Waals surface area contributed by atoms with Crippen LogP contribution in [0.25, 0.3) is 0 Å². The van der Waals surface area contributed by atoms with Crippen molar-refractivity contribution in [2.24, 2.45) is 5.84 Å². The number of nitrogens with one attached hydrogen (secondary N) is 1. The molecule has 0 saturated carbocycles. The fourth-order valence-corrected chi connectivity index (χ4v) is 2.92. The zero-order chi connectivity index (χ0) is 12.7. The molecular weight excluding hydrogens is 302 g/mol. The van der Waals surface area contributed by atoms with Crippen LogP contribution in [0.5, 0.6) is 0 Å². The number of hydrazine groups is 1. The predicted molar refractivity (Wildman–Crippen MR) is 76.1 cm³/mol. The minimum atomic E-state index is 0.616. The minimum absolute atomic E-state index is 0.616. The lowest BCUT2D eigenvalue weighted by atomic mass is 10.5. The topological polar surface area (TPSA) is 67.1 Å². The molecule has 0 atom stereocenters. The Bertz CT molecular complexity index is 345. The molecule has 0 bridgehead atoms. The van der Waals surface area contributed by atoms with Crippen LogP contribution < -0.4 is 11.3 Å². The van der Waals surface area contributed by atoms with Gasteiger partial charge in [-0.1, -0.05) is 13.8 Å². The van der Waals surface area contributed by atoms with Crippen molar-refractivity contribution < 1.29 is 0 Å². The van der Waals surface area contributed by atoms with Gasteiger partial charge in [0.1, 0.15) is 11.4 Å². The number of nitrogen functional groups attached to an aromatic ring is 1. The van der Waals surface area contributed by atoms with Crippen LogP contribution in [-0.2, 0) is 0 Å². The Labute approximate surface area is 115 Å². The van der Waals surface area contributed by atoms with Crippen molar-refractivity contribution in [3.05, 3.63) is 10.8 Å². The molecule has 96 valence electrons. The number of thioether (sulfide) groups is 1. The van der Waals surface area contributed by atoms with Gasteiger partial charge in [-0.25, -0.2) is 15.8 Å². The Kier molecular flexibility index (Phi) is 6.79. The zero-order valence-electron chi connectivity index (χ0n) is 10.1. The van der Waals surface area contributed by atoms with Gasteiger partial charge in [0.2, 0.25) is 0 Å². The molecule has 0 aliphatic rings. The van der Waals surface area contributed by atoms with Crippen LogP contribution in [0.3, 0.4) is 0 Å². The Morgan fingerprint density at radius 3 is 2.71 bits per heavy atom. The number of rotatable bonds is 7. The molecule has 0 aliphatic heterocycles. The van der Waals surface area contributed by atoms with E-state index in [2.05, 4.69) is 50.1 Å². The van der Waals surface area contributed by atoms with Crippen LogP contribution in [0.15, 0.2) is 15.8 Å². The van der Waals surface area contributed by atoms with E-state index in [0.717, 1.165) is 34.9 Å². The summed E-state index contributed by atoms with van der Waals surface area (Å²) in [6.45, 7) is 7.56. The lowest BCUT2D eigenvalue weighted by molar-refractivity contribution is 0.324. The van der Waals surface area contributed by atoms with Gasteiger partial charge in [0.05, 0.1) is 4.47 Å². The van der Waals surface area contributed by atoms with Crippen molar-refractivity contribution >= 4 is 33.5 Å². The fraction of sp³-hybridized carbons (Fsp3) is 0.600. The number of hydrogen-bond donors (Lipinski definition) is 2. The Morgan fingerprint density at radius 1 is 1.41 bits per heavy atom. The van der Waals surface area contributed by atoms with Crippen molar-refractivity contribution in [1.82, 2.24) is 14.9 Å². The number of nitrogens with zero attached hydrogens (tertiary/aromatic N) is 3. The summed E-state index contributed by atoms with van der Waals surface area (Å²) in [5.74, 6) is 6.97. The van der Waals surface area contributed by atoms with Crippen molar-refractivity contribution in [3.63, 3.8) is 0 Å². The molecule has 0 fully saturated rings. The Balaban J connectivity index is 2.52. The third kappa shape index (κ3) is 4.42. The summed E-state index contributed by atoms with van der Waals surface area (Å²) in [4.78, 5) is 10.6. The smallest absolute Gasteiger partial charge is 0.158 e. The lowest BCUT2D eigenvalue weighted by Crippen LogP contribution is -2.25. The van der Waals surface area contributed by atoms with E-state index in [4.69, 9.17) is 5.84 Å². The molecule has 0 amide bonds. The number of nitrogens with two attached hydrogens (primary N) is 1. The van der Waals surface area contributed by atoms with E-state index < -0.39 is 0 Å². The summed E-state index contributed by atoms with van der Waals surface area (Å²) in [6, 6.07) is 0. The second-order valence-electron chi connectivity index (χ2n) is 3.36. The van der Waals surface area contributed by atoms with Gasteiger partial charge in [-0.2, -0.15) is 0 Å². The highest BCUT2D eigenvalue weighted by Crippen LogP contribution is 2.29. The molecule has 1 heterocycles. The summed E-state index contributed by atoms with van der Waals surface area (Å²) in [7, 11) is 0. The summed E-state index contributed by atoms with van der Waals surface area (Å²) < 4.78 is 0.826. The normalized spacial score (nSPS) is 10.9. The molecule has 1 aromatic heterocycles. The quantitative estimate of drug-likeness (QED) is 0.346. The monoisotopic (exact) mass is 319 g/mol. The van der Waals surface area contributed by atoms with Gasteiger partial charge < -0.3 is 10.3 Å². The van der Waals surface area contributed by atoms with Crippen molar-refractivity contribution in [2.45, 2.75) is 18.9 Å². The molecule has 0 radical (unpaired) electrons. The van der Waals surface area contributed by atoms with E-state index in [1.165, 1.54) is 6.33 Å². The molecule has 1 aromatic rings. The van der Waals surface area contributed by atoms with E-state index in [0.29, 0.717) is 5.82 Å². The average molecular weight is 320 g/mol. The van der Waals surface area contributed by atoms with Gasteiger partial charge in [-0.3, -0.25) is 0 Å². The molecular formula is C10H18BrN5S. The van der Waals surface area contributed by atoms with Gasteiger partial charge in [-0.05, 0) is 29.0 Å². The first-order valence-corrected chi connectivity index (χ1v) is 7.33. The Hall–Kier alpha value is -0.370. The standard InChI is InChI=1S/C10H18BrN5S/c1-3-16(4-2)5-6-17-10-8(11)9(15-12)13-7-14-10/h7H,3-6,12H2,1-2H3,(H,13,14,15). The van der Waals surface area contributed by atoms with Gasteiger partial charge in [-0.15, -0.1) is 11.8 Å². The SMILES string of the molecule is CCN(CC)CCSc1ncnc(NN)c1Br. The van der Waals surface area contributed by atoms with E-state index in [1.54, 1.807) is 11.8 Å². The van der Waals surface area contributed by atoms with Crippen LogP contribution >= 0.6 is 27.7 Å². The molecule has 0 spiro atoms. The number of halogens is 1. The van der Waals surface area contributed by atoms with Crippen LogP contribution in [0.2, 0.25) is 0 Å². The first-order chi connectivity index (χ1) is 8.22. The maximum Gasteiger partial charge on any atom is 0.158 e. The molecule has 0 unspecified atom stereocenters. The second kappa shape index (κ2) is 7.86. The largest absolute Gasteiger partial charge is 0.307 e. The molecule has 17 heavy (non-hydrogen) atoms. The summed E-state index contributed by atoms with van der Waals surface area (Å²) >= 11 is 5.14. The van der Waals surface area contributed by atoms with Crippen molar-refractivity contribution in [2.75, 3.05) is 30.8 Å². The van der Waals surface area contributed by atoms with Crippen molar-refractivity contribution in [1.29, 1.82) is 0 Å². The number of anilines is 1. The molecule has 3 N–H and O–H groups in total.